The topological polar surface area (TPSA) is 46.5 Å². The number of methoxy groups -OCH3 is 1. The Morgan fingerprint density at radius 3 is 2.50 bits per heavy atom. The molecule has 1 heterocycles. The molecule has 6 heteroatoms. The van der Waals surface area contributed by atoms with Crippen molar-refractivity contribution in [3.63, 3.8) is 0 Å². The van der Waals surface area contributed by atoms with Crippen molar-refractivity contribution in [3.05, 3.63) is 83.7 Å². The van der Waals surface area contributed by atoms with E-state index in [-0.39, 0.29) is 6.03 Å². The van der Waals surface area contributed by atoms with Crippen molar-refractivity contribution in [1.29, 1.82) is 0 Å². The van der Waals surface area contributed by atoms with Crippen LogP contribution in [-0.4, -0.2) is 42.0 Å². The highest BCUT2D eigenvalue weighted by Gasteiger charge is 2.16. The first-order valence-electron chi connectivity index (χ1n) is 9.97. The first-order chi connectivity index (χ1) is 14.6. The van der Waals surface area contributed by atoms with E-state index in [1.165, 1.54) is 11.1 Å². The maximum absolute atomic E-state index is 13.0. The van der Waals surface area contributed by atoms with E-state index in [0.29, 0.717) is 19.7 Å². The fourth-order valence-electron chi connectivity index (χ4n) is 3.16. The molecular weight excluding hydrogens is 394 g/mol. The second-order valence-electron chi connectivity index (χ2n) is 7.19. The van der Waals surface area contributed by atoms with Gasteiger partial charge in [-0.2, -0.15) is 0 Å². The lowest BCUT2D eigenvalue weighted by molar-refractivity contribution is 0.152. The van der Waals surface area contributed by atoms with E-state index >= 15 is 0 Å². The van der Waals surface area contributed by atoms with E-state index in [9.17, 15) is 4.79 Å². The number of urea groups is 1. The summed E-state index contributed by atoms with van der Waals surface area (Å²) in [6.07, 6.45) is 4.09. The average Bonchev–Trinajstić information content (AvgIpc) is 3.19. The second-order valence-corrected chi connectivity index (χ2v) is 8.07. The zero-order valence-corrected chi connectivity index (χ0v) is 18.6. The number of aryl methyl sites for hydroxylation is 1. The molecule has 0 unspecified atom stereocenters. The van der Waals surface area contributed by atoms with Crippen molar-refractivity contribution in [2.24, 2.45) is 0 Å². The Labute approximate surface area is 183 Å². The minimum absolute atomic E-state index is 0.132. The fourth-order valence-corrected chi connectivity index (χ4v) is 3.57. The van der Waals surface area contributed by atoms with Crippen molar-refractivity contribution in [2.75, 3.05) is 31.8 Å². The molecule has 5 nitrogen and oxygen atoms in total. The minimum Gasteiger partial charge on any atom is -0.383 e. The van der Waals surface area contributed by atoms with Crippen LogP contribution in [0.25, 0.3) is 0 Å². The molecule has 0 saturated carbocycles. The lowest BCUT2D eigenvalue weighted by Crippen LogP contribution is -2.37. The standard InChI is InChI=1S/C24H29N3O2S/c1-19-6-8-20(9-7-19)17-26-14-4-5-22(26)18-27(15-16-29-2)24(28)25-21-10-12-23(30-3)13-11-21/h4-14H,15-18H2,1-3H3,(H,25,28). The molecule has 0 radical (unpaired) electrons. The molecule has 3 rings (SSSR count). The Kier molecular flexibility index (Phi) is 7.99. The summed E-state index contributed by atoms with van der Waals surface area (Å²) in [5.74, 6) is 0. The summed E-state index contributed by atoms with van der Waals surface area (Å²) in [6.45, 7) is 4.37. The maximum atomic E-state index is 13.0. The van der Waals surface area contributed by atoms with Crippen LogP contribution >= 0.6 is 11.8 Å². The van der Waals surface area contributed by atoms with Gasteiger partial charge >= 0.3 is 6.03 Å². The molecule has 0 spiro atoms. The van der Waals surface area contributed by atoms with Crippen LogP contribution in [0.15, 0.2) is 71.8 Å². The molecule has 0 bridgehead atoms. The normalized spacial score (nSPS) is 10.8. The quantitative estimate of drug-likeness (QED) is 0.478. The average molecular weight is 424 g/mol. The van der Waals surface area contributed by atoms with Gasteiger partial charge in [-0.15, -0.1) is 11.8 Å². The van der Waals surface area contributed by atoms with Crippen LogP contribution < -0.4 is 5.32 Å². The number of anilines is 1. The van der Waals surface area contributed by atoms with Crippen LogP contribution in [-0.2, 0) is 17.8 Å². The third-order valence-electron chi connectivity index (χ3n) is 4.94. The summed E-state index contributed by atoms with van der Waals surface area (Å²) in [5, 5.41) is 3.00. The third kappa shape index (κ3) is 6.15. The summed E-state index contributed by atoms with van der Waals surface area (Å²) in [5.41, 5.74) is 4.36. The lowest BCUT2D eigenvalue weighted by Gasteiger charge is -2.24. The highest BCUT2D eigenvalue weighted by Crippen LogP contribution is 2.18. The lowest BCUT2D eigenvalue weighted by atomic mass is 10.1. The Morgan fingerprint density at radius 1 is 1.10 bits per heavy atom. The van der Waals surface area contributed by atoms with E-state index < -0.39 is 0 Å². The second kappa shape index (κ2) is 10.9. The van der Waals surface area contributed by atoms with Crippen molar-refractivity contribution in [1.82, 2.24) is 9.47 Å². The van der Waals surface area contributed by atoms with E-state index in [4.69, 9.17) is 4.74 Å². The van der Waals surface area contributed by atoms with Crippen LogP contribution in [0.4, 0.5) is 10.5 Å². The number of nitrogens with one attached hydrogen (secondary N) is 1. The number of aromatic nitrogens is 1. The number of carbonyl (C=O) groups excluding carboxylic acids is 1. The van der Waals surface area contributed by atoms with Gasteiger partial charge in [-0.25, -0.2) is 4.79 Å². The molecular formula is C24H29N3O2S. The Balaban J connectivity index is 1.70. The van der Waals surface area contributed by atoms with Gasteiger partial charge < -0.3 is 19.5 Å². The van der Waals surface area contributed by atoms with Gasteiger partial charge in [-0.1, -0.05) is 29.8 Å². The molecule has 0 aliphatic heterocycles. The van der Waals surface area contributed by atoms with Gasteiger partial charge in [0.15, 0.2) is 0 Å². The number of thioether (sulfide) groups is 1. The highest BCUT2D eigenvalue weighted by atomic mass is 32.2. The number of amides is 2. The Bertz CT molecular complexity index is 936. The van der Waals surface area contributed by atoms with E-state index in [0.717, 1.165) is 22.8 Å². The number of hydrogen-bond donors (Lipinski definition) is 1. The molecule has 0 saturated heterocycles. The van der Waals surface area contributed by atoms with Crippen molar-refractivity contribution in [2.45, 2.75) is 24.9 Å². The van der Waals surface area contributed by atoms with Crippen molar-refractivity contribution >= 4 is 23.5 Å². The molecule has 1 aromatic heterocycles. The predicted octanol–water partition coefficient (Wildman–Crippen LogP) is 5.25. The first-order valence-corrected chi connectivity index (χ1v) is 11.2. The zero-order chi connectivity index (χ0) is 21.3. The van der Waals surface area contributed by atoms with E-state index in [1.807, 2.05) is 36.6 Å². The number of hydrogen-bond acceptors (Lipinski definition) is 3. The van der Waals surface area contributed by atoms with Crippen LogP contribution in [0.5, 0.6) is 0 Å². The fraction of sp³-hybridized carbons (Fsp3) is 0.292. The highest BCUT2D eigenvalue weighted by molar-refractivity contribution is 7.98. The van der Waals surface area contributed by atoms with Crippen LogP contribution in [0.3, 0.4) is 0 Å². The molecule has 0 fully saturated rings. The molecule has 30 heavy (non-hydrogen) atoms. The SMILES string of the molecule is COCCN(Cc1cccn1Cc1ccc(C)cc1)C(=O)Nc1ccc(SC)cc1. The van der Waals surface area contributed by atoms with Crippen LogP contribution in [0.1, 0.15) is 16.8 Å². The summed E-state index contributed by atoms with van der Waals surface area (Å²) in [7, 11) is 1.65. The smallest absolute Gasteiger partial charge is 0.322 e. The molecule has 1 N–H and O–H groups in total. The summed E-state index contributed by atoms with van der Waals surface area (Å²) in [4.78, 5) is 15.9. The van der Waals surface area contributed by atoms with Gasteiger partial charge in [0.25, 0.3) is 0 Å². The molecule has 2 aromatic carbocycles. The molecule has 0 aliphatic carbocycles. The maximum Gasteiger partial charge on any atom is 0.322 e. The summed E-state index contributed by atoms with van der Waals surface area (Å²) in [6, 6.07) is 20.4. The third-order valence-corrected chi connectivity index (χ3v) is 5.69. The molecule has 0 atom stereocenters. The monoisotopic (exact) mass is 423 g/mol. The van der Waals surface area contributed by atoms with Crippen molar-refractivity contribution in [3.8, 4) is 0 Å². The van der Waals surface area contributed by atoms with Crippen LogP contribution in [0.2, 0.25) is 0 Å². The minimum atomic E-state index is -0.132. The largest absolute Gasteiger partial charge is 0.383 e. The van der Waals surface area contributed by atoms with Gasteiger partial charge in [-0.05, 0) is 55.1 Å². The predicted molar refractivity (Wildman–Crippen MR) is 124 cm³/mol. The Hall–Kier alpha value is -2.70. The van der Waals surface area contributed by atoms with Gasteiger partial charge in [-0.3, -0.25) is 0 Å². The first kappa shape index (κ1) is 22.0. The molecule has 3 aromatic rings. The molecule has 158 valence electrons. The number of nitrogens with zero attached hydrogens (tertiary/aromatic N) is 2. The molecule has 0 aliphatic rings. The number of ether oxygens (including phenoxy) is 1. The number of rotatable bonds is 9. The summed E-state index contributed by atoms with van der Waals surface area (Å²) >= 11 is 1.68. The van der Waals surface area contributed by atoms with Crippen molar-refractivity contribution < 1.29 is 9.53 Å². The van der Waals surface area contributed by atoms with Gasteiger partial charge in [0.05, 0.1) is 13.2 Å². The number of carbonyl (C=O) groups is 1. The Morgan fingerprint density at radius 2 is 1.83 bits per heavy atom. The summed E-state index contributed by atoms with van der Waals surface area (Å²) < 4.78 is 7.41. The molecule has 2 amide bonds. The van der Waals surface area contributed by atoms with Crippen LogP contribution in [0, 0.1) is 6.92 Å². The van der Waals surface area contributed by atoms with Gasteiger partial charge in [0.1, 0.15) is 0 Å². The van der Waals surface area contributed by atoms with E-state index in [1.54, 1.807) is 23.8 Å². The zero-order valence-electron chi connectivity index (χ0n) is 17.8. The van der Waals surface area contributed by atoms with E-state index in [2.05, 4.69) is 53.3 Å². The van der Waals surface area contributed by atoms with Gasteiger partial charge in [0.2, 0.25) is 0 Å². The number of benzene rings is 2. The van der Waals surface area contributed by atoms with Gasteiger partial charge in [0, 0.05) is 42.7 Å².